The molecular weight excluding hydrogens is 518 g/mol. The van der Waals surface area contributed by atoms with Gasteiger partial charge in [0.1, 0.15) is 17.5 Å². The fourth-order valence-electron chi connectivity index (χ4n) is 7.67. The summed E-state index contributed by atoms with van der Waals surface area (Å²) in [5, 5.41) is 6.45. The van der Waals surface area contributed by atoms with Crippen LogP contribution in [0.15, 0.2) is 24.4 Å². The maximum atomic E-state index is 13.2. The maximum Gasteiger partial charge on any atom is 0.251 e. The molecule has 1 unspecified atom stereocenters. The molecule has 2 amide bonds. The highest BCUT2D eigenvalue weighted by atomic mass is 16.5. The number of fused-ring (bicyclic) bond motifs is 2. The van der Waals surface area contributed by atoms with E-state index in [1.54, 1.807) is 37.4 Å². The fourth-order valence-corrected chi connectivity index (χ4v) is 7.67. The molecule has 3 heterocycles. The van der Waals surface area contributed by atoms with Gasteiger partial charge in [-0.05, 0) is 75.1 Å². The van der Waals surface area contributed by atoms with Crippen LogP contribution in [0.1, 0.15) is 62.2 Å². The van der Waals surface area contributed by atoms with Crippen LogP contribution in [0, 0.1) is 17.8 Å². The van der Waals surface area contributed by atoms with E-state index in [-0.39, 0.29) is 17.9 Å². The molecule has 10 nitrogen and oxygen atoms in total. The van der Waals surface area contributed by atoms with E-state index in [0.717, 1.165) is 42.6 Å². The molecule has 220 valence electrons. The number of amides is 2. The molecule has 1 aromatic carbocycles. The number of nitrogens with one attached hydrogen (secondary N) is 2. The normalized spacial score (nSPS) is 26.3. The second kappa shape index (κ2) is 11.5. The van der Waals surface area contributed by atoms with Crippen molar-refractivity contribution >= 4 is 35.0 Å². The summed E-state index contributed by atoms with van der Waals surface area (Å²) in [6.07, 6.45) is 9.31. The predicted octanol–water partition coefficient (Wildman–Crippen LogP) is 4.05. The van der Waals surface area contributed by atoms with Crippen molar-refractivity contribution in [2.45, 2.75) is 64.0 Å². The molecule has 2 N–H and O–H groups in total. The van der Waals surface area contributed by atoms with E-state index in [4.69, 9.17) is 9.72 Å². The second-order valence-electron chi connectivity index (χ2n) is 12.4. The number of carbonyl (C=O) groups is 2. The zero-order valence-electron chi connectivity index (χ0n) is 24.7. The zero-order chi connectivity index (χ0) is 28.7. The Balaban J connectivity index is 1.16. The second-order valence-corrected chi connectivity index (χ2v) is 12.4. The lowest BCUT2D eigenvalue weighted by molar-refractivity contribution is -0.120. The maximum absolute atomic E-state index is 13.2. The van der Waals surface area contributed by atoms with Gasteiger partial charge in [0, 0.05) is 38.3 Å². The van der Waals surface area contributed by atoms with Gasteiger partial charge in [-0.25, -0.2) is 4.98 Å². The molecule has 0 spiro atoms. The van der Waals surface area contributed by atoms with Crippen molar-refractivity contribution in [3.8, 4) is 5.75 Å². The van der Waals surface area contributed by atoms with Crippen LogP contribution in [-0.2, 0) is 4.79 Å². The first-order valence-electron chi connectivity index (χ1n) is 15.2. The minimum atomic E-state index is -0.226. The molecule has 2 aromatic rings. The van der Waals surface area contributed by atoms with Gasteiger partial charge in [-0.1, -0.05) is 19.8 Å². The molecule has 4 atom stereocenters. The smallest absolute Gasteiger partial charge is 0.251 e. The standard InChI is InChI=1S/C31H43N7O3/c1-5-25-30(40)37(3)26-16-33-31(35-28(26)38(25)23-8-6-7-9-23)34-24-11-10-20(14-27(24)41-4)29(39)32-15-19-12-21-17-36(2)18-22(21)13-19/h10-11,14,16,19,21-23,25H,5-9,12-13,15,17-18H2,1-4H3,(H,32,39)(H,33,34,35)/t19?,21-,22+,25-/m1/s1. The SMILES string of the molecule is CC[C@@H]1C(=O)N(C)c2cnc(Nc3ccc(C(=O)NCC4C[C@@H]5CN(C)C[C@@H]5C4)cc3OC)nc2N1C1CCCC1. The van der Waals surface area contributed by atoms with Gasteiger partial charge in [-0.15, -0.1) is 0 Å². The lowest BCUT2D eigenvalue weighted by atomic mass is 10.0. The van der Waals surface area contributed by atoms with Crippen LogP contribution < -0.4 is 25.2 Å². The lowest BCUT2D eigenvalue weighted by Crippen LogP contribution is -2.55. The summed E-state index contributed by atoms with van der Waals surface area (Å²) in [5.74, 6) is 3.88. The molecule has 41 heavy (non-hydrogen) atoms. The number of nitrogens with zero attached hydrogens (tertiary/aromatic N) is 5. The van der Waals surface area contributed by atoms with Gasteiger partial charge < -0.3 is 30.1 Å². The van der Waals surface area contributed by atoms with E-state index in [1.165, 1.54) is 38.8 Å². The number of anilines is 4. The third kappa shape index (κ3) is 5.34. The first-order chi connectivity index (χ1) is 19.9. The van der Waals surface area contributed by atoms with Crippen LogP contribution in [0.25, 0.3) is 0 Å². The topological polar surface area (TPSA) is 103 Å². The Bertz CT molecular complexity index is 1280. The van der Waals surface area contributed by atoms with Crippen molar-refractivity contribution in [3.63, 3.8) is 0 Å². The minimum absolute atomic E-state index is 0.0837. The van der Waals surface area contributed by atoms with Gasteiger partial charge in [0.2, 0.25) is 11.9 Å². The summed E-state index contributed by atoms with van der Waals surface area (Å²) in [6.45, 7) is 5.14. The molecule has 6 rings (SSSR count). The lowest BCUT2D eigenvalue weighted by Gasteiger charge is -2.43. The van der Waals surface area contributed by atoms with Gasteiger partial charge in [0.15, 0.2) is 5.82 Å². The van der Waals surface area contributed by atoms with Gasteiger partial charge in [0.25, 0.3) is 5.91 Å². The molecule has 2 aliphatic heterocycles. The van der Waals surface area contributed by atoms with Crippen LogP contribution >= 0.6 is 0 Å². The molecule has 1 aromatic heterocycles. The van der Waals surface area contributed by atoms with Gasteiger partial charge >= 0.3 is 0 Å². The minimum Gasteiger partial charge on any atom is -0.495 e. The Morgan fingerprint density at radius 2 is 1.85 bits per heavy atom. The number of methoxy groups -OCH3 is 1. The number of likely N-dealkylation sites (tertiary alicyclic amines) is 1. The molecular formula is C31H43N7O3. The summed E-state index contributed by atoms with van der Waals surface area (Å²) in [6, 6.07) is 5.48. The summed E-state index contributed by atoms with van der Waals surface area (Å²) in [4.78, 5) is 42.0. The number of aromatic nitrogens is 2. The number of ether oxygens (including phenoxy) is 1. The van der Waals surface area contributed by atoms with Crippen LogP contribution in [0.3, 0.4) is 0 Å². The average Bonchev–Trinajstić information content (AvgIpc) is 3.71. The van der Waals surface area contributed by atoms with E-state index in [2.05, 4.69) is 39.4 Å². The number of carbonyl (C=O) groups excluding carboxylic acids is 2. The molecule has 10 heteroatoms. The number of likely N-dealkylation sites (N-methyl/N-ethyl adjacent to an activating group) is 1. The average molecular weight is 562 g/mol. The van der Waals surface area contributed by atoms with E-state index in [9.17, 15) is 9.59 Å². The Morgan fingerprint density at radius 3 is 2.54 bits per heavy atom. The Kier molecular flexibility index (Phi) is 7.76. The van der Waals surface area contributed by atoms with Crippen molar-refractivity contribution in [3.05, 3.63) is 30.0 Å². The zero-order valence-corrected chi connectivity index (χ0v) is 24.7. The van der Waals surface area contributed by atoms with Gasteiger partial charge in [0.05, 0.1) is 19.0 Å². The number of benzene rings is 1. The number of rotatable bonds is 8. The molecule has 0 radical (unpaired) electrons. The quantitative estimate of drug-likeness (QED) is 0.498. The van der Waals surface area contributed by atoms with Crippen LogP contribution in [0.5, 0.6) is 5.75 Å². The van der Waals surface area contributed by atoms with Crippen molar-refractivity contribution < 1.29 is 14.3 Å². The summed E-state index contributed by atoms with van der Waals surface area (Å²) in [7, 11) is 5.60. The largest absolute Gasteiger partial charge is 0.495 e. The fraction of sp³-hybridized carbons (Fsp3) is 0.613. The van der Waals surface area contributed by atoms with E-state index >= 15 is 0 Å². The monoisotopic (exact) mass is 561 g/mol. The number of hydrogen-bond acceptors (Lipinski definition) is 8. The van der Waals surface area contributed by atoms with Crippen molar-refractivity contribution in [2.75, 3.05) is 56.0 Å². The summed E-state index contributed by atoms with van der Waals surface area (Å²) >= 11 is 0. The van der Waals surface area contributed by atoms with E-state index in [0.29, 0.717) is 41.5 Å². The first kappa shape index (κ1) is 27.8. The van der Waals surface area contributed by atoms with E-state index < -0.39 is 0 Å². The third-order valence-corrected chi connectivity index (χ3v) is 9.70. The van der Waals surface area contributed by atoms with Crippen LogP contribution in [0.4, 0.5) is 23.1 Å². The molecule has 2 saturated carbocycles. The van der Waals surface area contributed by atoms with Crippen LogP contribution in [0.2, 0.25) is 0 Å². The molecule has 0 bridgehead atoms. The molecule has 3 fully saturated rings. The Hall–Kier alpha value is -3.40. The molecule has 4 aliphatic rings. The highest BCUT2D eigenvalue weighted by molar-refractivity contribution is 6.04. The van der Waals surface area contributed by atoms with Crippen molar-refractivity contribution in [1.29, 1.82) is 0 Å². The van der Waals surface area contributed by atoms with Crippen molar-refractivity contribution in [2.24, 2.45) is 17.8 Å². The first-order valence-corrected chi connectivity index (χ1v) is 15.2. The highest BCUT2D eigenvalue weighted by Gasteiger charge is 2.41. The Morgan fingerprint density at radius 1 is 1.12 bits per heavy atom. The van der Waals surface area contributed by atoms with Gasteiger partial charge in [-0.2, -0.15) is 4.98 Å². The van der Waals surface area contributed by atoms with Gasteiger partial charge in [-0.3, -0.25) is 9.59 Å². The summed E-state index contributed by atoms with van der Waals surface area (Å²) < 4.78 is 5.66. The predicted molar refractivity (Wildman–Crippen MR) is 160 cm³/mol. The van der Waals surface area contributed by atoms with Crippen molar-refractivity contribution in [1.82, 2.24) is 20.2 Å². The summed E-state index contributed by atoms with van der Waals surface area (Å²) in [5.41, 5.74) is 1.97. The Labute approximate surface area is 242 Å². The number of hydrogen-bond donors (Lipinski definition) is 2. The molecule has 2 aliphatic carbocycles. The molecule has 1 saturated heterocycles. The van der Waals surface area contributed by atoms with Crippen LogP contribution in [-0.4, -0.2) is 79.6 Å². The third-order valence-electron chi connectivity index (χ3n) is 9.70. The highest BCUT2D eigenvalue weighted by Crippen LogP contribution is 2.42. The van der Waals surface area contributed by atoms with E-state index in [1.807, 2.05) is 6.07 Å².